The maximum atomic E-state index is 14.7. The molecule has 0 unspecified atom stereocenters. The van der Waals surface area contributed by atoms with Crippen LogP contribution in [0.15, 0.2) is 41.5 Å². The zero-order valence-electron chi connectivity index (χ0n) is 17.6. The third kappa shape index (κ3) is 4.90. The number of sulfone groups is 1. The summed E-state index contributed by atoms with van der Waals surface area (Å²) in [5, 5.41) is 0. The van der Waals surface area contributed by atoms with Crippen LogP contribution in [0.2, 0.25) is 0 Å². The van der Waals surface area contributed by atoms with E-state index in [1.165, 1.54) is 25.1 Å². The number of hydrogen-bond donors (Lipinski definition) is 1. The SMILES string of the molecule is C[C@]1(CC(F)(F)F)C(N)=N[C@](C)(c2cc(CC(=O)c3ccc(F)cn3)ccc2F)CS1(=O)=O. The monoisotopic (exact) mass is 489 g/mol. The van der Waals surface area contributed by atoms with Gasteiger partial charge in [0.05, 0.1) is 18.4 Å². The Morgan fingerprint density at radius 2 is 1.82 bits per heavy atom. The van der Waals surface area contributed by atoms with Gasteiger partial charge < -0.3 is 5.73 Å². The van der Waals surface area contributed by atoms with Crippen LogP contribution in [0.5, 0.6) is 0 Å². The minimum absolute atomic E-state index is 0.0288. The highest BCUT2D eigenvalue weighted by Crippen LogP contribution is 2.42. The van der Waals surface area contributed by atoms with Crippen LogP contribution >= 0.6 is 0 Å². The normalized spacial score (nSPS) is 24.9. The van der Waals surface area contributed by atoms with E-state index in [-0.39, 0.29) is 23.2 Å². The third-order valence-corrected chi connectivity index (χ3v) is 8.26. The molecule has 3 rings (SSSR count). The summed E-state index contributed by atoms with van der Waals surface area (Å²) in [7, 11) is -4.52. The maximum Gasteiger partial charge on any atom is 0.391 e. The number of carbonyl (C=O) groups is 1. The Morgan fingerprint density at radius 3 is 2.36 bits per heavy atom. The highest BCUT2D eigenvalue weighted by molar-refractivity contribution is 7.93. The molecule has 178 valence electrons. The minimum atomic E-state index is -4.82. The van der Waals surface area contributed by atoms with Crippen molar-refractivity contribution in [1.29, 1.82) is 0 Å². The Kier molecular flexibility index (Phi) is 6.12. The largest absolute Gasteiger partial charge is 0.391 e. The second-order valence-corrected chi connectivity index (χ2v) is 10.7. The molecule has 12 heteroatoms. The van der Waals surface area contributed by atoms with Gasteiger partial charge in [-0.3, -0.25) is 14.8 Å². The molecule has 2 atom stereocenters. The van der Waals surface area contributed by atoms with E-state index >= 15 is 0 Å². The van der Waals surface area contributed by atoms with Gasteiger partial charge in [-0.15, -0.1) is 0 Å². The van der Waals surface area contributed by atoms with Crippen LogP contribution in [0, 0.1) is 11.6 Å². The van der Waals surface area contributed by atoms with Crippen LogP contribution in [-0.4, -0.2) is 41.7 Å². The molecule has 0 spiro atoms. The molecule has 6 nitrogen and oxygen atoms in total. The minimum Gasteiger partial charge on any atom is -0.386 e. The number of benzene rings is 1. The first-order valence-corrected chi connectivity index (χ1v) is 11.3. The molecule has 1 aliphatic heterocycles. The number of nitrogens with zero attached hydrogens (tertiary/aromatic N) is 2. The van der Waals surface area contributed by atoms with Crippen LogP contribution in [0.4, 0.5) is 22.0 Å². The maximum absolute atomic E-state index is 14.7. The van der Waals surface area contributed by atoms with Crippen LogP contribution in [0.25, 0.3) is 0 Å². The van der Waals surface area contributed by atoms with E-state index in [1.807, 2.05) is 0 Å². The number of aliphatic imine (C=N–C) groups is 1. The van der Waals surface area contributed by atoms with Gasteiger partial charge in [0.25, 0.3) is 0 Å². The number of amidine groups is 1. The van der Waals surface area contributed by atoms with Crippen molar-refractivity contribution in [2.45, 2.75) is 43.2 Å². The van der Waals surface area contributed by atoms with Crippen LogP contribution in [0.1, 0.15) is 41.9 Å². The number of carbonyl (C=O) groups excluding carboxylic acids is 1. The molecule has 33 heavy (non-hydrogen) atoms. The van der Waals surface area contributed by atoms with Gasteiger partial charge in [0.1, 0.15) is 33.4 Å². The standard InChI is InChI=1S/C21H20F5N3O3S/c1-19(11-33(31,32)20(2,18(27)29-19)10-21(24,25)26)14-7-12(3-5-15(14)23)8-17(30)16-6-4-13(22)9-28-16/h3-7,9H,8,10-11H2,1-2H3,(H2,27,29)/t19-,20-/m0/s1. The van der Waals surface area contributed by atoms with E-state index in [4.69, 9.17) is 5.73 Å². The van der Waals surface area contributed by atoms with E-state index in [2.05, 4.69) is 9.98 Å². The fourth-order valence-electron chi connectivity index (χ4n) is 3.74. The van der Waals surface area contributed by atoms with Crippen molar-refractivity contribution in [2.24, 2.45) is 10.7 Å². The topological polar surface area (TPSA) is 102 Å². The zero-order valence-corrected chi connectivity index (χ0v) is 18.4. The van der Waals surface area contributed by atoms with Gasteiger partial charge in [0.15, 0.2) is 15.6 Å². The molecule has 2 aromatic rings. The molecule has 0 amide bonds. The highest BCUT2D eigenvalue weighted by atomic mass is 32.2. The van der Waals surface area contributed by atoms with Crippen molar-refractivity contribution in [3.8, 4) is 0 Å². The fourth-order valence-corrected chi connectivity index (χ4v) is 5.76. The number of ketones is 1. The molecule has 1 aliphatic rings. The zero-order chi connectivity index (χ0) is 24.8. The number of halogens is 5. The second kappa shape index (κ2) is 8.15. The molecule has 0 saturated heterocycles. The van der Waals surface area contributed by atoms with E-state index < -0.39 is 61.7 Å². The molecule has 0 aliphatic carbocycles. The Bertz CT molecular complexity index is 1230. The molecule has 1 aromatic carbocycles. The number of pyridine rings is 1. The number of aromatic nitrogens is 1. The van der Waals surface area contributed by atoms with Crippen molar-refractivity contribution in [3.63, 3.8) is 0 Å². The summed E-state index contributed by atoms with van der Waals surface area (Å²) in [4.78, 5) is 20.1. The Labute approximate surface area is 186 Å². The number of Topliss-reactive ketones (excluding diaryl/α,β-unsaturated/α-hetero) is 1. The van der Waals surface area contributed by atoms with Gasteiger partial charge in [-0.2, -0.15) is 13.2 Å². The van der Waals surface area contributed by atoms with E-state index in [1.54, 1.807) is 0 Å². The van der Waals surface area contributed by atoms with Gasteiger partial charge in [-0.05, 0) is 43.7 Å². The second-order valence-electron chi connectivity index (χ2n) is 8.33. The highest BCUT2D eigenvalue weighted by Gasteiger charge is 2.56. The lowest BCUT2D eigenvalue weighted by Crippen LogP contribution is -2.58. The van der Waals surface area contributed by atoms with Gasteiger partial charge in [-0.1, -0.05) is 6.07 Å². The van der Waals surface area contributed by atoms with Crippen molar-refractivity contribution in [2.75, 3.05) is 5.75 Å². The molecular formula is C21H20F5N3O3S. The molecule has 1 aromatic heterocycles. The first-order chi connectivity index (χ1) is 15.1. The van der Waals surface area contributed by atoms with Crippen molar-refractivity contribution >= 4 is 21.5 Å². The smallest absolute Gasteiger partial charge is 0.386 e. The quantitative estimate of drug-likeness (QED) is 0.512. The van der Waals surface area contributed by atoms with Gasteiger partial charge in [-0.25, -0.2) is 17.2 Å². The van der Waals surface area contributed by atoms with E-state index in [0.29, 0.717) is 0 Å². The van der Waals surface area contributed by atoms with Gasteiger partial charge >= 0.3 is 6.18 Å². The lowest BCUT2D eigenvalue weighted by atomic mass is 9.90. The van der Waals surface area contributed by atoms with Crippen LogP contribution < -0.4 is 5.73 Å². The Balaban J connectivity index is 2.00. The molecule has 0 saturated carbocycles. The summed E-state index contributed by atoms with van der Waals surface area (Å²) < 4.78 is 90.1. The average molecular weight is 489 g/mol. The lowest BCUT2D eigenvalue weighted by Gasteiger charge is -2.40. The predicted octanol–water partition coefficient (Wildman–Crippen LogP) is 3.50. The average Bonchev–Trinajstić information content (AvgIpc) is 2.67. The summed E-state index contributed by atoms with van der Waals surface area (Å²) in [5.41, 5.74) is 3.92. The van der Waals surface area contributed by atoms with Gasteiger partial charge in [0.2, 0.25) is 0 Å². The predicted molar refractivity (Wildman–Crippen MR) is 110 cm³/mol. The Hall–Kier alpha value is -2.89. The van der Waals surface area contributed by atoms with Crippen molar-refractivity contribution < 1.29 is 35.2 Å². The summed E-state index contributed by atoms with van der Waals surface area (Å²) in [6.45, 7) is 2.09. The third-order valence-electron chi connectivity index (χ3n) is 5.59. The fraction of sp³-hybridized carbons (Fsp3) is 0.381. The molecule has 0 radical (unpaired) electrons. The molecule has 2 heterocycles. The number of nitrogens with two attached hydrogens (primary N) is 1. The van der Waals surface area contributed by atoms with E-state index in [0.717, 1.165) is 25.3 Å². The first kappa shape index (κ1) is 24.7. The molecular weight excluding hydrogens is 469 g/mol. The van der Waals surface area contributed by atoms with Crippen LogP contribution in [-0.2, 0) is 21.8 Å². The summed E-state index contributed by atoms with van der Waals surface area (Å²) in [5.74, 6) is -3.68. The summed E-state index contributed by atoms with van der Waals surface area (Å²) >= 11 is 0. The Morgan fingerprint density at radius 1 is 1.15 bits per heavy atom. The molecule has 2 N–H and O–H groups in total. The number of alkyl halides is 3. The molecule has 0 bridgehead atoms. The van der Waals surface area contributed by atoms with Crippen LogP contribution in [0.3, 0.4) is 0 Å². The summed E-state index contributed by atoms with van der Waals surface area (Å²) in [6.07, 6.45) is -5.95. The van der Waals surface area contributed by atoms with Gasteiger partial charge in [0, 0.05) is 12.0 Å². The first-order valence-electron chi connectivity index (χ1n) is 9.65. The van der Waals surface area contributed by atoms with Crippen molar-refractivity contribution in [3.05, 3.63) is 65.0 Å². The van der Waals surface area contributed by atoms with Crippen molar-refractivity contribution in [1.82, 2.24) is 4.98 Å². The number of hydrogen-bond acceptors (Lipinski definition) is 6. The summed E-state index contributed by atoms with van der Waals surface area (Å²) in [6, 6.07) is 5.75. The lowest BCUT2D eigenvalue weighted by molar-refractivity contribution is -0.137. The molecule has 0 fully saturated rings. The van der Waals surface area contributed by atoms with E-state index in [9.17, 15) is 35.2 Å². The number of rotatable bonds is 5.